The molecule has 0 aliphatic carbocycles. The summed E-state index contributed by atoms with van der Waals surface area (Å²) in [5, 5.41) is 1.07. The van der Waals surface area contributed by atoms with Gasteiger partial charge < -0.3 is 14.5 Å². The van der Waals surface area contributed by atoms with Gasteiger partial charge >= 0.3 is 5.97 Å². The van der Waals surface area contributed by atoms with Crippen molar-refractivity contribution in [2.75, 3.05) is 44.7 Å². The van der Waals surface area contributed by atoms with Crippen molar-refractivity contribution in [2.24, 2.45) is 0 Å². The second kappa shape index (κ2) is 8.62. The van der Waals surface area contributed by atoms with Gasteiger partial charge in [-0.25, -0.2) is 4.98 Å². The molecule has 0 radical (unpaired) electrons. The highest BCUT2D eigenvalue weighted by Crippen LogP contribution is 2.37. The molecule has 1 saturated heterocycles. The number of carbonyl (C=O) groups excluding carboxylic acids is 1. The molecule has 0 spiro atoms. The van der Waals surface area contributed by atoms with Gasteiger partial charge in [0.25, 0.3) is 0 Å². The molecule has 5 heteroatoms. The number of rotatable bonds is 5. The van der Waals surface area contributed by atoms with E-state index in [-0.39, 0.29) is 12.4 Å². The van der Waals surface area contributed by atoms with Crippen LogP contribution in [0.25, 0.3) is 22.0 Å². The number of fused-ring (bicyclic) bond motifs is 1. The van der Waals surface area contributed by atoms with Crippen LogP contribution >= 0.6 is 0 Å². The van der Waals surface area contributed by atoms with E-state index in [0.29, 0.717) is 6.61 Å². The van der Waals surface area contributed by atoms with Gasteiger partial charge in [-0.15, -0.1) is 0 Å². The topological polar surface area (TPSA) is 45.7 Å². The summed E-state index contributed by atoms with van der Waals surface area (Å²) in [7, 11) is 2.14. The highest BCUT2D eigenvalue weighted by atomic mass is 16.5. The zero-order valence-electron chi connectivity index (χ0n) is 17.1. The van der Waals surface area contributed by atoms with E-state index in [0.717, 1.165) is 59.6 Å². The Morgan fingerprint density at radius 2 is 1.69 bits per heavy atom. The minimum absolute atomic E-state index is 0.211. The summed E-state index contributed by atoms with van der Waals surface area (Å²) in [5.41, 5.74) is 4.09. The number of para-hydroxylation sites is 1. The lowest BCUT2D eigenvalue weighted by molar-refractivity contribution is -0.142. The van der Waals surface area contributed by atoms with Crippen molar-refractivity contribution in [3.63, 3.8) is 0 Å². The Labute approximate surface area is 171 Å². The number of anilines is 1. The zero-order valence-corrected chi connectivity index (χ0v) is 17.1. The Kier molecular flexibility index (Phi) is 5.76. The maximum atomic E-state index is 12.5. The molecule has 1 aromatic heterocycles. The van der Waals surface area contributed by atoms with Crippen LogP contribution in [0.3, 0.4) is 0 Å². The molecule has 1 aliphatic heterocycles. The first-order valence-corrected chi connectivity index (χ1v) is 10.2. The van der Waals surface area contributed by atoms with Gasteiger partial charge in [0.1, 0.15) is 5.82 Å². The minimum atomic E-state index is -0.211. The highest BCUT2D eigenvalue weighted by Gasteiger charge is 2.25. The molecule has 0 N–H and O–H groups in total. The summed E-state index contributed by atoms with van der Waals surface area (Å²) in [6.45, 7) is 5.97. The smallest absolute Gasteiger partial charge is 0.310 e. The third-order valence-corrected chi connectivity index (χ3v) is 5.46. The van der Waals surface area contributed by atoms with E-state index < -0.39 is 0 Å². The molecule has 4 rings (SSSR count). The number of hydrogen-bond donors (Lipinski definition) is 0. The first-order valence-electron chi connectivity index (χ1n) is 10.2. The van der Waals surface area contributed by atoms with E-state index in [9.17, 15) is 4.79 Å². The molecular formula is C24H27N3O2. The molecule has 3 aromatic rings. The van der Waals surface area contributed by atoms with E-state index in [1.54, 1.807) is 0 Å². The Morgan fingerprint density at radius 1 is 1.00 bits per heavy atom. The van der Waals surface area contributed by atoms with Crippen LogP contribution < -0.4 is 4.90 Å². The van der Waals surface area contributed by atoms with Crippen LogP contribution in [0, 0.1) is 0 Å². The Balaban J connectivity index is 1.94. The summed E-state index contributed by atoms with van der Waals surface area (Å²) in [6, 6.07) is 18.5. The van der Waals surface area contributed by atoms with Gasteiger partial charge in [-0.1, -0.05) is 48.5 Å². The van der Waals surface area contributed by atoms with Crippen LogP contribution in [0.5, 0.6) is 0 Å². The maximum absolute atomic E-state index is 12.5. The predicted molar refractivity (Wildman–Crippen MR) is 117 cm³/mol. The molecule has 150 valence electrons. The lowest BCUT2D eigenvalue weighted by Crippen LogP contribution is -2.45. The largest absolute Gasteiger partial charge is 0.466 e. The van der Waals surface area contributed by atoms with E-state index in [4.69, 9.17) is 9.72 Å². The summed E-state index contributed by atoms with van der Waals surface area (Å²) < 4.78 is 5.31. The van der Waals surface area contributed by atoms with Crippen LogP contribution in [0.15, 0.2) is 54.6 Å². The second-order valence-electron chi connectivity index (χ2n) is 7.44. The number of pyridine rings is 1. The van der Waals surface area contributed by atoms with E-state index in [2.05, 4.69) is 41.1 Å². The average molecular weight is 389 g/mol. The number of carbonyl (C=O) groups is 1. The number of nitrogens with zero attached hydrogens (tertiary/aromatic N) is 3. The van der Waals surface area contributed by atoms with Gasteiger partial charge in [0.05, 0.1) is 18.5 Å². The molecular weight excluding hydrogens is 362 g/mol. The molecule has 0 atom stereocenters. The van der Waals surface area contributed by atoms with Gasteiger partial charge in [0.15, 0.2) is 0 Å². The molecule has 5 nitrogen and oxygen atoms in total. The Morgan fingerprint density at radius 3 is 2.41 bits per heavy atom. The normalized spacial score (nSPS) is 14.9. The van der Waals surface area contributed by atoms with Crippen LogP contribution in [0.1, 0.15) is 12.5 Å². The fraction of sp³-hybridized carbons (Fsp3) is 0.333. The number of esters is 1. The van der Waals surface area contributed by atoms with Crippen LogP contribution in [-0.4, -0.2) is 55.7 Å². The third kappa shape index (κ3) is 4.10. The fourth-order valence-corrected chi connectivity index (χ4v) is 3.98. The molecule has 2 aromatic carbocycles. The van der Waals surface area contributed by atoms with Crippen LogP contribution in [0.2, 0.25) is 0 Å². The highest BCUT2D eigenvalue weighted by molar-refractivity contribution is 6.00. The number of piperazine rings is 1. The minimum Gasteiger partial charge on any atom is -0.466 e. The predicted octanol–water partition coefficient (Wildman–Crippen LogP) is 3.76. The molecule has 29 heavy (non-hydrogen) atoms. The van der Waals surface area contributed by atoms with Crippen LogP contribution in [-0.2, 0) is 16.0 Å². The zero-order chi connectivity index (χ0) is 20.2. The average Bonchev–Trinajstić information content (AvgIpc) is 2.74. The Hall–Kier alpha value is -2.92. The maximum Gasteiger partial charge on any atom is 0.310 e. The fourth-order valence-electron chi connectivity index (χ4n) is 3.98. The van der Waals surface area contributed by atoms with E-state index >= 15 is 0 Å². The van der Waals surface area contributed by atoms with E-state index in [1.807, 2.05) is 37.3 Å². The quantitative estimate of drug-likeness (QED) is 0.622. The van der Waals surface area contributed by atoms with Gasteiger partial charge in [-0.2, -0.15) is 0 Å². The monoisotopic (exact) mass is 389 g/mol. The first kappa shape index (κ1) is 19.4. The molecule has 0 unspecified atom stereocenters. The number of ether oxygens (including phenoxy) is 1. The number of likely N-dealkylation sites (N-methyl/N-ethyl adjacent to an activating group) is 1. The number of benzene rings is 2. The van der Waals surface area contributed by atoms with Gasteiger partial charge in [0.2, 0.25) is 0 Å². The van der Waals surface area contributed by atoms with Crippen molar-refractivity contribution in [1.82, 2.24) is 9.88 Å². The lowest BCUT2D eigenvalue weighted by Gasteiger charge is -2.35. The van der Waals surface area contributed by atoms with Gasteiger partial charge in [-0.05, 0) is 31.2 Å². The molecule has 0 amide bonds. The summed E-state index contributed by atoms with van der Waals surface area (Å²) in [4.78, 5) is 22.2. The van der Waals surface area contributed by atoms with Crippen molar-refractivity contribution in [3.8, 4) is 11.1 Å². The molecule has 0 bridgehead atoms. The van der Waals surface area contributed by atoms with E-state index in [1.165, 1.54) is 0 Å². The third-order valence-electron chi connectivity index (χ3n) is 5.46. The van der Waals surface area contributed by atoms with Gasteiger partial charge in [-0.3, -0.25) is 4.79 Å². The number of hydrogen-bond acceptors (Lipinski definition) is 5. The summed E-state index contributed by atoms with van der Waals surface area (Å²) in [6.07, 6.45) is 0.220. The first-order chi connectivity index (χ1) is 14.2. The van der Waals surface area contributed by atoms with Crippen molar-refractivity contribution >= 4 is 22.7 Å². The molecule has 0 saturated carbocycles. The van der Waals surface area contributed by atoms with Crippen LogP contribution in [0.4, 0.5) is 5.82 Å². The van der Waals surface area contributed by atoms with Crippen molar-refractivity contribution < 1.29 is 9.53 Å². The lowest BCUT2D eigenvalue weighted by atomic mass is 9.93. The molecule has 1 aliphatic rings. The standard InChI is InChI=1S/C24H27N3O2/c1-3-29-22(28)17-20-23(18-9-5-4-6-10-18)19-11-7-8-12-21(19)25-24(20)27-15-13-26(2)14-16-27/h4-12H,3,13-17H2,1-2H3. The van der Waals surface area contributed by atoms with Crippen molar-refractivity contribution in [1.29, 1.82) is 0 Å². The SMILES string of the molecule is CCOC(=O)Cc1c(N2CCN(C)CC2)nc2ccccc2c1-c1ccccc1. The summed E-state index contributed by atoms with van der Waals surface area (Å²) >= 11 is 0. The van der Waals surface area contributed by atoms with Gasteiger partial charge in [0, 0.05) is 37.1 Å². The Bertz CT molecular complexity index is 996. The van der Waals surface area contributed by atoms with Crippen molar-refractivity contribution in [3.05, 3.63) is 60.2 Å². The molecule has 1 fully saturated rings. The van der Waals surface area contributed by atoms with Crippen molar-refractivity contribution in [2.45, 2.75) is 13.3 Å². The second-order valence-corrected chi connectivity index (χ2v) is 7.44. The number of aromatic nitrogens is 1. The molecule has 2 heterocycles. The summed E-state index contributed by atoms with van der Waals surface area (Å²) in [5.74, 6) is 0.695.